The molecule has 2 N–H and O–H groups in total. The highest BCUT2D eigenvalue weighted by Crippen LogP contribution is 2.33. The lowest BCUT2D eigenvalue weighted by molar-refractivity contribution is -0.138. The van der Waals surface area contributed by atoms with Gasteiger partial charge >= 0.3 is 0 Å². The van der Waals surface area contributed by atoms with Crippen molar-refractivity contribution in [3.05, 3.63) is 0 Å². The Balaban J connectivity index is 0.00000220. The Hall–Kier alpha value is -0.330. The minimum Gasteiger partial charge on any atom is -0.338 e. The van der Waals surface area contributed by atoms with E-state index in [1.54, 1.807) is 0 Å². The van der Waals surface area contributed by atoms with E-state index < -0.39 is 9.84 Å². The molecule has 124 valence electrons. The van der Waals surface area contributed by atoms with Crippen LogP contribution in [-0.2, 0) is 14.6 Å². The van der Waals surface area contributed by atoms with Gasteiger partial charge in [-0.05, 0) is 38.1 Å². The van der Waals surface area contributed by atoms with Crippen LogP contribution in [0.25, 0.3) is 0 Å². The molecule has 1 amide bonds. The van der Waals surface area contributed by atoms with Gasteiger partial charge in [-0.2, -0.15) is 0 Å². The molecule has 1 unspecified atom stereocenters. The summed E-state index contributed by atoms with van der Waals surface area (Å²) in [5.41, 5.74) is 5.77. The van der Waals surface area contributed by atoms with Gasteiger partial charge in [-0.3, -0.25) is 4.79 Å². The number of hydrogen-bond donors (Lipinski definition) is 1. The molecule has 1 heterocycles. The molecule has 1 aliphatic carbocycles. The summed E-state index contributed by atoms with van der Waals surface area (Å²) in [4.78, 5) is 14.6. The molecule has 1 aliphatic heterocycles. The van der Waals surface area contributed by atoms with Crippen LogP contribution in [-0.4, -0.2) is 49.9 Å². The van der Waals surface area contributed by atoms with Crippen molar-refractivity contribution < 1.29 is 13.2 Å². The largest absolute Gasteiger partial charge is 0.338 e. The second kappa shape index (κ2) is 7.79. The molecule has 7 heteroatoms. The van der Waals surface area contributed by atoms with Crippen LogP contribution < -0.4 is 5.73 Å². The van der Waals surface area contributed by atoms with Crippen molar-refractivity contribution in [1.82, 2.24) is 4.90 Å². The summed E-state index contributed by atoms with van der Waals surface area (Å²) in [6, 6.07) is -0.119. The third kappa shape index (κ3) is 4.33. The quantitative estimate of drug-likeness (QED) is 0.817. The third-order valence-corrected chi connectivity index (χ3v) is 6.43. The molecule has 5 nitrogen and oxygen atoms in total. The molecule has 2 fully saturated rings. The van der Waals surface area contributed by atoms with E-state index in [2.05, 4.69) is 0 Å². The van der Waals surface area contributed by atoms with Gasteiger partial charge in [-0.25, -0.2) is 8.42 Å². The number of sulfone groups is 1. The van der Waals surface area contributed by atoms with E-state index in [0.29, 0.717) is 19.5 Å². The summed E-state index contributed by atoms with van der Waals surface area (Å²) in [6.45, 7) is 3.24. The Morgan fingerprint density at radius 2 is 2.00 bits per heavy atom. The minimum absolute atomic E-state index is 0. The van der Waals surface area contributed by atoms with E-state index >= 15 is 0 Å². The Kier molecular flexibility index (Phi) is 6.94. The van der Waals surface area contributed by atoms with Crippen molar-refractivity contribution in [1.29, 1.82) is 0 Å². The lowest BCUT2D eigenvalue weighted by Crippen LogP contribution is -2.46. The highest BCUT2D eigenvalue weighted by molar-refractivity contribution is 7.91. The zero-order chi connectivity index (χ0) is 14.8. The molecule has 0 bridgehead atoms. The maximum atomic E-state index is 12.8. The smallest absolute Gasteiger partial charge is 0.226 e. The van der Waals surface area contributed by atoms with Gasteiger partial charge in [0.15, 0.2) is 9.84 Å². The van der Waals surface area contributed by atoms with Gasteiger partial charge in [0, 0.05) is 18.5 Å². The number of amides is 1. The van der Waals surface area contributed by atoms with E-state index in [-0.39, 0.29) is 47.7 Å². The maximum Gasteiger partial charge on any atom is 0.226 e. The average molecular weight is 339 g/mol. The van der Waals surface area contributed by atoms with Gasteiger partial charge in [0.1, 0.15) is 0 Å². The first-order chi connectivity index (χ1) is 9.48. The molecule has 1 saturated heterocycles. The fourth-order valence-corrected chi connectivity index (χ4v) is 5.32. The molecule has 0 aromatic carbocycles. The predicted octanol–water partition coefficient (Wildman–Crippen LogP) is 1.21. The van der Waals surface area contributed by atoms with Crippen LogP contribution in [0.2, 0.25) is 0 Å². The molecule has 0 aromatic heterocycles. The summed E-state index contributed by atoms with van der Waals surface area (Å²) in [5.74, 6) is 0.783. The number of nitrogens with two attached hydrogens (primary N) is 1. The SMILES string of the molecule is CCCN(C(=O)[C@@H]1CCC[C@@H]1CN)C1CCS(=O)(=O)C1.Cl. The first kappa shape index (κ1) is 18.7. The second-order valence-corrected chi connectivity index (χ2v) is 8.35. The molecule has 0 aromatic rings. The Labute approximate surface area is 134 Å². The van der Waals surface area contributed by atoms with E-state index in [1.165, 1.54) is 0 Å². The van der Waals surface area contributed by atoms with E-state index in [4.69, 9.17) is 5.73 Å². The molecule has 3 atom stereocenters. The number of carbonyl (C=O) groups is 1. The predicted molar refractivity (Wildman–Crippen MR) is 86.2 cm³/mol. The van der Waals surface area contributed by atoms with Crippen LogP contribution in [0.4, 0.5) is 0 Å². The summed E-state index contributed by atoms with van der Waals surface area (Å²) < 4.78 is 23.3. The van der Waals surface area contributed by atoms with Gasteiger partial charge in [0.2, 0.25) is 5.91 Å². The first-order valence-corrected chi connectivity index (χ1v) is 9.51. The van der Waals surface area contributed by atoms with Crippen molar-refractivity contribution in [3.63, 3.8) is 0 Å². The van der Waals surface area contributed by atoms with Crippen LogP contribution in [0.3, 0.4) is 0 Å². The Morgan fingerprint density at radius 1 is 1.29 bits per heavy atom. The fourth-order valence-electron chi connectivity index (χ4n) is 3.59. The Bertz CT molecular complexity index is 455. The average Bonchev–Trinajstić information content (AvgIpc) is 3.01. The van der Waals surface area contributed by atoms with Crippen LogP contribution >= 0.6 is 12.4 Å². The van der Waals surface area contributed by atoms with Crippen molar-refractivity contribution in [2.75, 3.05) is 24.6 Å². The monoisotopic (exact) mass is 338 g/mol. The van der Waals surface area contributed by atoms with Crippen LogP contribution in [0.15, 0.2) is 0 Å². The molecule has 2 aliphatic rings. The maximum absolute atomic E-state index is 12.8. The fraction of sp³-hybridized carbons (Fsp3) is 0.929. The third-order valence-electron chi connectivity index (χ3n) is 4.68. The lowest BCUT2D eigenvalue weighted by Gasteiger charge is -2.32. The summed E-state index contributed by atoms with van der Waals surface area (Å²) in [6.07, 6.45) is 4.44. The molecule has 2 rings (SSSR count). The first-order valence-electron chi connectivity index (χ1n) is 7.69. The summed E-state index contributed by atoms with van der Waals surface area (Å²) in [7, 11) is -2.95. The molecular weight excluding hydrogens is 312 g/mol. The van der Waals surface area contributed by atoms with Crippen LogP contribution in [0.5, 0.6) is 0 Å². The van der Waals surface area contributed by atoms with Gasteiger partial charge in [0.05, 0.1) is 11.5 Å². The molecule has 21 heavy (non-hydrogen) atoms. The van der Waals surface area contributed by atoms with E-state index in [0.717, 1.165) is 25.7 Å². The van der Waals surface area contributed by atoms with Crippen LogP contribution in [0, 0.1) is 11.8 Å². The highest BCUT2D eigenvalue weighted by atomic mass is 35.5. The summed E-state index contributed by atoms with van der Waals surface area (Å²) in [5, 5.41) is 0. The second-order valence-electron chi connectivity index (χ2n) is 6.12. The van der Waals surface area contributed by atoms with Crippen molar-refractivity contribution >= 4 is 28.2 Å². The van der Waals surface area contributed by atoms with Gasteiger partial charge < -0.3 is 10.6 Å². The molecule has 0 spiro atoms. The highest BCUT2D eigenvalue weighted by Gasteiger charge is 2.40. The number of hydrogen-bond acceptors (Lipinski definition) is 4. The van der Waals surface area contributed by atoms with Gasteiger partial charge in [0.25, 0.3) is 0 Å². The Morgan fingerprint density at radius 3 is 2.52 bits per heavy atom. The minimum atomic E-state index is -2.95. The van der Waals surface area contributed by atoms with E-state index in [1.807, 2.05) is 11.8 Å². The van der Waals surface area contributed by atoms with E-state index in [9.17, 15) is 13.2 Å². The lowest BCUT2D eigenvalue weighted by atomic mass is 9.94. The van der Waals surface area contributed by atoms with Gasteiger partial charge in [-0.1, -0.05) is 13.3 Å². The van der Waals surface area contributed by atoms with Crippen molar-refractivity contribution in [2.24, 2.45) is 17.6 Å². The number of rotatable bonds is 5. The number of carbonyl (C=O) groups excluding carboxylic acids is 1. The normalized spacial score (nSPS) is 30.9. The molecule has 1 saturated carbocycles. The zero-order valence-corrected chi connectivity index (χ0v) is 14.3. The summed E-state index contributed by atoms with van der Waals surface area (Å²) >= 11 is 0. The standard InChI is InChI=1S/C14H26N2O3S.ClH/c1-2-7-16(12-6-8-20(18,19)10-12)14(17)13-5-3-4-11(13)9-15;/h11-13H,2-10,15H2,1H3;1H/t11-,12?,13-;/m1./s1. The number of nitrogens with zero attached hydrogens (tertiary/aromatic N) is 1. The molecular formula is C14H27ClN2O3S. The van der Waals surface area contributed by atoms with Crippen LogP contribution in [0.1, 0.15) is 39.0 Å². The zero-order valence-electron chi connectivity index (χ0n) is 12.7. The molecule has 0 radical (unpaired) electrons. The topological polar surface area (TPSA) is 80.5 Å². The van der Waals surface area contributed by atoms with Crippen molar-refractivity contribution in [3.8, 4) is 0 Å². The number of halogens is 1. The van der Waals surface area contributed by atoms with Gasteiger partial charge in [-0.15, -0.1) is 12.4 Å². The van der Waals surface area contributed by atoms with Crippen molar-refractivity contribution in [2.45, 2.75) is 45.1 Å².